The van der Waals surface area contributed by atoms with Crippen LogP contribution in [-0.2, 0) is 9.59 Å². The van der Waals surface area contributed by atoms with Gasteiger partial charge in [0.1, 0.15) is 6.04 Å². The molecule has 0 N–H and O–H groups in total. The minimum absolute atomic E-state index is 0.0910. The van der Waals surface area contributed by atoms with Crippen molar-refractivity contribution in [1.29, 1.82) is 0 Å². The Balaban J connectivity index is 1.46. The summed E-state index contributed by atoms with van der Waals surface area (Å²) in [6.45, 7) is 7.22. The van der Waals surface area contributed by atoms with E-state index in [9.17, 15) is 9.59 Å². The number of carbonyl (C=O) groups is 2. The summed E-state index contributed by atoms with van der Waals surface area (Å²) in [5.74, 6) is 0.388. The number of likely N-dealkylation sites (tertiary alicyclic amines) is 1. The van der Waals surface area contributed by atoms with E-state index in [-0.39, 0.29) is 23.9 Å². The third-order valence-corrected chi connectivity index (χ3v) is 6.46. The first-order chi connectivity index (χ1) is 12.5. The lowest BCUT2D eigenvalue weighted by molar-refractivity contribution is -0.185. The first-order valence-electron chi connectivity index (χ1n) is 9.96. The number of carbonyl (C=O) groups excluding carboxylic acids is 2. The Labute approximate surface area is 155 Å². The van der Waals surface area contributed by atoms with Crippen LogP contribution in [0.5, 0.6) is 0 Å². The molecule has 5 heteroatoms. The molecule has 0 radical (unpaired) electrons. The van der Waals surface area contributed by atoms with Crippen LogP contribution >= 0.6 is 0 Å². The average molecular weight is 355 g/mol. The summed E-state index contributed by atoms with van der Waals surface area (Å²) < 4.78 is 0. The summed E-state index contributed by atoms with van der Waals surface area (Å²) >= 11 is 0. The molecule has 0 aromatic heterocycles. The number of rotatable bonds is 3. The molecule has 3 fully saturated rings. The van der Waals surface area contributed by atoms with Crippen LogP contribution < -0.4 is 4.90 Å². The van der Waals surface area contributed by atoms with Gasteiger partial charge in [-0.3, -0.25) is 9.59 Å². The Morgan fingerprint density at radius 2 is 1.65 bits per heavy atom. The molecule has 5 nitrogen and oxygen atoms in total. The first-order valence-corrected chi connectivity index (χ1v) is 9.96. The van der Waals surface area contributed by atoms with Gasteiger partial charge in [-0.1, -0.05) is 31.0 Å². The smallest absolute Gasteiger partial charge is 0.246 e. The van der Waals surface area contributed by atoms with Gasteiger partial charge in [-0.05, 0) is 38.8 Å². The Morgan fingerprint density at radius 3 is 2.23 bits per heavy atom. The molecule has 1 unspecified atom stereocenters. The fourth-order valence-corrected chi connectivity index (χ4v) is 5.07. The maximum atomic E-state index is 13.4. The molecule has 2 heterocycles. The molecule has 2 aliphatic heterocycles. The van der Waals surface area contributed by atoms with Gasteiger partial charge >= 0.3 is 0 Å². The highest BCUT2D eigenvalue weighted by Gasteiger charge is 2.65. The molecule has 1 saturated carbocycles. The first kappa shape index (κ1) is 17.4. The lowest BCUT2D eigenvalue weighted by Crippen LogP contribution is -2.74. The minimum Gasteiger partial charge on any atom is -0.368 e. The molecular formula is C21H29N3O2. The maximum absolute atomic E-state index is 13.4. The van der Waals surface area contributed by atoms with Gasteiger partial charge in [0.25, 0.3) is 0 Å². The van der Waals surface area contributed by atoms with Crippen LogP contribution in [-0.4, -0.2) is 59.9 Å². The Kier molecular flexibility index (Phi) is 4.41. The van der Waals surface area contributed by atoms with Gasteiger partial charge in [0.2, 0.25) is 11.8 Å². The third kappa shape index (κ3) is 2.60. The van der Waals surface area contributed by atoms with Crippen LogP contribution in [0.15, 0.2) is 30.3 Å². The van der Waals surface area contributed by atoms with Crippen LogP contribution in [0.2, 0.25) is 0 Å². The highest BCUT2D eigenvalue weighted by atomic mass is 16.2. The van der Waals surface area contributed by atoms with Gasteiger partial charge in [0.15, 0.2) is 0 Å². The van der Waals surface area contributed by atoms with E-state index in [1.54, 1.807) is 0 Å². The predicted molar refractivity (Wildman–Crippen MR) is 102 cm³/mol. The lowest BCUT2D eigenvalue weighted by Gasteiger charge is -2.56. The number of benzene rings is 1. The monoisotopic (exact) mass is 355 g/mol. The van der Waals surface area contributed by atoms with E-state index < -0.39 is 5.41 Å². The van der Waals surface area contributed by atoms with Crippen molar-refractivity contribution >= 4 is 17.5 Å². The molecule has 1 aromatic rings. The second kappa shape index (κ2) is 6.60. The minimum atomic E-state index is -0.391. The number of amides is 2. The van der Waals surface area contributed by atoms with Gasteiger partial charge in [-0.15, -0.1) is 0 Å². The number of hydrogen-bond donors (Lipinski definition) is 0. The fourth-order valence-electron chi connectivity index (χ4n) is 5.07. The van der Waals surface area contributed by atoms with Crippen LogP contribution in [0, 0.1) is 5.41 Å². The van der Waals surface area contributed by atoms with Gasteiger partial charge in [0.05, 0.1) is 5.41 Å². The molecule has 140 valence electrons. The largest absolute Gasteiger partial charge is 0.368 e. The number of piperazine rings is 1. The molecule has 0 bridgehead atoms. The van der Waals surface area contributed by atoms with E-state index in [0.717, 1.165) is 51.9 Å². The third-order valence-electron chi connectivity index (χ3n) is 6.46. The molecule has 26 heavy (non-hydrogen) atoms. The molecule has 2 amide bonds. The Hall–Kier alpha value is -2.04. The fraction of sp³-hybridized carbons (Fsp3) is 0.619. The van der Waals surface area contributed by atoms with Crippen LogP contribution in [0.3, 0.4) is 0 Å². The lowest BCUT2D eigenvalue weighted by atomic mass is 9.67. The van der Waals surface area contributed by atoms with Crippen molar-refractivity contribution in [3.8, 4) is 0 Å². The molecule has 1 spiro atoms. The number of para-hydroxylation sites is 1. The van der Waals surface area contributed by atoms with E-state index in [2.05, 4.69) is 29.2 Å². The van der Waals surface area contributed by atoms with Gasteiger partial charge < -0.3 is 14.7 Å². The van der Waals surface area contributed by atoms with E-state index in [1.807, 2.05) is 29.7 Å². The van der Waals surface area contributed by atoms with E-state index in [0.29, 0.717) is 0 Å². The number of β-lactam (4-membered cyclic amide) rings is 1. The van der Waals surface area contributed by atoms with Crippen molar-refractivity contribution < 1.29 is 9.59 Å². The Morgan fingerprint density at radius 1 is 1.04 bits per heavy atom. The number of nitrogens with zero attached hydrogens (tertiary/aromatic N) is 3. The maximum Gasteiger partial charge on any atom is 0.246 e. The molecule has 2 saturated heterocycles. The number of hydrogen-bond acceptors (Lipinski definition) is 3. The summed E-state index contributed by atoms with van der Waals surface area (Å²) in [6, 6.07) is 10.2. The van der Waals surface area contributed by atoms with Crippen LogP contribution in [0.1, 0.15) is 39.5 Å². The molecule has 1 atom stereocenters. The van der Waals surface area contributed by atoms with E-state index >= 15 is 0 Å². The zero-order valence-corrected chi connectivity index (χ0v) is 15.9. The summed E-state index contributed by atoms with van der Waals surface area (Å²) in [4.78, 5) is 32.3. The summed E-state index contributed by atoms with van der Waals surface area (Å²) in [5, 5.41) is 0. The summed E-state index contributed by atoms with van der Waals surface area (Å²) in [5.41, 5.74) is 0.826. The van der Waals surface area contributed by atoms with Crippen LogP contribution in [0.25, 0.3) is 0 Å². The molecular weight excluding hydrogens is 326 g/mol. The van der Waals surface area contributed by atoms with Gasteiger partial charge in [-0.25, -0.2) is 0 Å². The van der Waals surface area contributed by atoms with Crippen molar-refractivity contribution in [1.82, 2.24) is 9.80 Å². The quantitative estimate of drug-likeness (QED) is 0.783. The molecule has 1 aliphatic carbocycles. The zero-order chi connectivity index (χ0) is 18.3. The zero-order valence-electron chi connectivity index (χ0n) is 15.9. The average Bonchev–Trinajstić information content (AvgIpc) is 3.18. The Bertz CT molecular complexity index is 674. The highest BCUT2D eigenvalue weighted by molar-refractivity contribution is 6.02. The van der Waals surface area contributed by atoms with Crippen molar-refractivity contribution in [2.24, 2.45) is 5.41 Å². The second-order valence-corrected chi connectivity index (χ2v) is 8.22. The number of anilines is 1. The molecule has 1 aromatic carbocycles. The molecule has 4 rings (SSSR count). The molecule has 3 aliphatic rings. The van der Waals surface area contributed by atoms with Crippen molar-refractivity contribution in [2.45, 2.75) is 51.6 Å². The standard InChI is InChI=1S/C21H29N3O2/c1-16(2)24-18(21(20(24)26)10-6-7-11-21)19(25)23-14-12-22(13-15-23)17-8-4-3-5-9-17/h3-5,8-9,16,18H,6-7,10-15H2,1-2H3. The van der Waals surface area contributed by atoms with Crippen molar-refractivity contribution in [2.75, 3.05) is 31.1 Å². The van der Waals surface area contributed by atoms with Crippen molar-refractivity contribution in [3.05, 3.63) is 30.3 Å². The summed E-state index contributed by atoms with van der Waals surface area (Å²) in [6.07, 6.45) is 3.91. The van der Waals surface area contributed by atoms with Crippen LogP contribution in [0.4, 0.5) is 5.69 Å². The van der Waals surface area contributed by atoms with E-state index in [1.165, 1.54) is 5.69 Å². The summed E-state index contributed by atoms with van der Waals surface area (Å²) in [7, 11) is 0. The predicted octanol–water partition coefficient (Wildman–Crippen LogP) is 2.51. The second-order valence-electron chi connectivity index (χ2n) is 8.22. The van der Waals surface area contributed by atoms with Gasteiger partial charge in [-0.2, -0.15) is 0 Å². The highest BCUT2D eigenvalue weighted by Crippen LogP contribution is 2.52. The normalized spacial score (nSPS) is 25.1. The SMILES string of the molecule is CC(C)N1C(=O)C2(CCCC2)C1C(=O)N1CCN(c2ccccc2)CC1. The van der Waals surface area contributed by atoms with Crippen molar-refractivity contribution in [3.63, 3.8) is 0 Å². The topological polar surface area (TPSA) is 43.9 Å². The van der Waals surface area contributed by atoms with Gasteiger partial charge in [0, 0.05) is 37.9 Å². The van der Waals surface area contributed by atoms with E-state index in [4.69, 9.17) is 0 Å².